The first-order chi connectivity index (χ1) is 12.6. The van der Waals surface area contributed by atoms with Crippen molar-refractivity contribution >= 4 is 34.4 Å². The molecule has 4 aromatic rings. The fourth-order valence-electron chi connectivity index (χ4n) is 2.43. The first kappa shape index (κ1) is 16.4. The summed E-state index contributed by atoms with van der Waals surface area (Å²) in [6.07, 6.45) is 0. The minimum absolute atomic E-state index is 0.242. The highest BCUT2D eigenvalue weighted by Crippen LogP contribution is 2.27. The topological polar surface area (TPSA) is 92.7 Å². The summed E-state index contributed by atoms with van der Waals surface area (Å²) in [7, 11) is 0. The summed E-state index contributed by atoms with van der Waals surface area (Å²) < 4.78 is 1.44. The Bertz CT molecular complexity index is 1110. The minimum Gasteiger partial charge on any atom is -0.306 e. The lowest BCUT2D eigenvalue weighted by molar-refractivity contribution is 0.103. The van der Waals surface area contributed by atoms with Crippen LogP contribution in [-0.4, -0.2) is 25.7 Å². The molecule has 4 aromatic heterocycles. The number of hydrogen-bond donors (Lipinski definition) is 2. The standard InChI is InChI=1S/C17H13N5O2S2/c1-10-8-15(23)20-17(18-10)22-14(19-16(24)13-5-3-7-26-13)9-11(21-22)12-4-2-6-25-12/h2-9H,1H3,(H,19,24)(H,18,20,23). The van der Waals surface area contributed by atoms with E-state index in [9.17, 15) is 9.59 Å². The molecular weight excluding hydrogens is 370 g/mol. The molecule has 0 aromatic carbocycles. The van der Waals surface area contributed by atoms with Gasteiger partial charge in [0.25, 0.3) is 11.5 Å². The number of thiophene rings is 2. The quantitative estimate of drug-likeness (QED) is 0.565. The Morgan fingerprint density at radius 1 is 1.19 bits per heavy atom. The van der Waals surface area contributed by atoms with Crippen LogP contribution < -0.4 is 10.9 Å². The van der Waals surface area contributed by atoms with Crippen LogP contribution in [0, 0.1) is 6.92 Å². The highest BCUT2D eigenvalue weighted by Gasteiger charge is 2.17. The van der Waals surface area contributed by atoms with Crippen LogP contribution in [0.15, 0.2) is 52.0 Å². The summed E-state index contributed by atoms with van der Waals surface area (Å²) in [4.78, 5) is 32.8. The molecule has 0 aliphatic carbocycles. The van der Waals surface area contributed by atoms with Crippen molar-refractivity contribution in [2.45, 2.75) is 6.92 Å². The van der Waals surface area contributed by atoms with Gasteiger partial charge < -0.3 is 5.32 Å². The Morgan fingerprint density at radius 3 is 2.69 bits per heavy atom. The predicted molar refractivity (Wildman–Crippen MR) is 102 cm³/mol. The van der Waals surface area contributed by atoms with Crippen LogP contribution in [0.4, 0.5) is 5.82 Å². The van der Waals surface area contributed by atoms with Gasteiger partial charge in [0.15, 0.2) is 0 Å². The molecule has 0 fully saturated rings. The Kier molecular flexibility index (Phi) is 4.23. The van der Waals surface area contributed by atoms with Gasteiger partial charge in [0.2, 0.25) is 5.95 Å². The van der Waals surface area contributed by atoms with Crippen molar-refractivity contribution in [1.82, 2.24) is 19.7 Å². The van der Waals surface area contributed by atoms with Crippen molar-refractivity contribution in [3.05, 3.63) is 68.1 Å². The molecular formula is C17H13N5O2S2. The monoisotopic (exact) mass is 383 g/mol. The van der Waals surface area contributed by atoms with E-state index >= 15 is 0 Å². The Hall–Kier alpha value is -3.04. The molecule has 130 valence electrons. The number of aromatic amines is 1. The molecule has 0 saturated heterocycles. The van der Waals surface area contributed by atoms with Crippen molar-refractivity contribution in [2.24, 2.45) is 0 Å². The van der Waals surface area contributed by atoms with Gasteiger partial charge in [-0.3, -0.25) is 14.6 Å². The molecule has 0 bridgehead atoms. The molecule has 0 saturated carbocycles. The fourth-order valence-corrected chi connectivity index (χ4v) is 3.73. The van der Waals surface area contributed by atoms with Gasteiger partial charge in [-0.1, -0.05) is 12.1 Å². The molecule has 1 amide bonds. The van der Waals surface area contributed by atoms with Crippen LogP contribution in [-0.2, 0) is 0 Å². The van der Waals surface area contributed by atoms with E-state index in [1.807, 2.05) is 29.0 Å². The second kappa shape index (κ2) is 6.70. The SMILES string of the molecule is Cc1cc(=O)[nH]c(-n2nc(-c3cccs3)cc2NC(=O)c2cccs2)n1. The first-order valence-corrected chi connectivity index (χ1v) is 9.43. The highest BCUT2D eigenvalue weighted by molar-refractivity contribution is 7.13. The maximum absolute atomic E-state index is 12.5. The molecule has 0 aliphatic heterocycles. The third kappa shape index (κ3) is 3.22. The largest absolute Gasteiger partial charge is 0.306 e. The van der Waals surface area contributed by atoms with E-state index in [1.54, 1.807) is 19.1 Å². The maximum atomic E-state index is 12.5. The second-order valence-corrected chi connectivity index (χ2v) is 7.34. The molecule has 4 rings (SSSR count). The molecule has 0 radical (unpaired) electrons. The van der Waals surface area contributed by atoms with E-state index in [0.29, 0.717) is 22.1 Å². The Labute approximate surface area is 156 Å². The average molecular weight is 383 g/mol. The van der Waals surface area contributed by atoms with Crippen LogP contribution in [0.25, 0.3) is 16.5 Å². The summed E-state index contributed by atoms with van der Waals surface area (Å²) in [6.45, 7) is 1.73. The van der Waals surface area contributed by atoms with Crippen LogP contribution in [0.2, 0.25) is 0 Å². The summed E-state index contributed by atoms with van der Waals surface area (Å²) in [6, 6.07) is 10.6. The van der Waals surface area contributed by atoms with E-state index in [0.717, 1.165) is 4.88 Å². The zero-order chi connectivity index (χ0) is 18.1. The molecule has 0 aliphatic rings. The van der Waals surface area contributed by atoms with Crippen molar-refractivity contribution in [3.8, 4) is 16.5 Å². The van der Waals surface area contributed by atoms with Crippen molar-refractivity contribution in [2.75, 3.05) is 5.32 Å². The number of anilines is 1. The lowest BCUT2D eigenvalue weighted by Gasteiger charge is -2.07. The van der Waals surface area contributed by atoms with Gasteiger partial charge in [0.1, 0.15) is 11.5 Å². The van der Waals surface area contributed by atoms with E-state index in [4.69, 9.17) is 0 Å². The Balaban J connectivity index is 1.80. The van der Waals surface area contributed by atoms with Crippen LogP contribution in [0.5, 0.6) is 0 Å². The third-order valence-corrected chi connectivity index (χ3v) is 5.29. The Morgan fingerprint density at radius 2 is 2.00 bits per heavy atom. The molecule has 26 heavy (non-hydrogen) atoms. The van der Waals surface area contributed by atoms with Gasteiger partial charge >= 0.3 is 0 Å². The lowest BCUT2D eigenvalue weighted by atomic mass is 10.3. The number of rotatable bonds is 4. The van der Waals surface area contributed by atoms with Crippen LogP contribution in [0.1, 0.15) is 15.4 Å². The van der Waals surface area contributed by atoms with E-state index in [1.165, 1.54) is 33.4 Å². The van der Waals surface area contributed by atoms with Crippen LogP contribution in [0.3, 0.4) is 0 Å². The fraction of sp³-hybridized carbons (Fsp3) is 0.0588. The molecule has 2 N–H and O–H groups in total. The minimum atomic E-state index is -0.281. The van der Waals surface area contributed by atoms with E-state index in [2.05, 4.69) is 20.4 Å². The van der Waals surface area contributed by atoms with Crippen molar-refractivity contribution in [3.63, 3.8) is 0 Å². The van der Waals surface area contributed by atoms with Gasteiger partial charge in [-0.2, -0.15) is 9.78 Å². The summed E-state index contributed by atoms with van der Waals surface area (Å²) >= 11 is 2.89. The molecule has 0 unspecified atom stereocenters. The van der Waals surface area contributed by atoms with E-state index < -0.39 is 0 Å². The first-order valence-electron chi connectivity index (χ1n) is 7.67. The van der Waals surface area contributed by atoms with Gasteiger partial charge in [-0.05, 0) is 29.8 Å². The van der Waals surface area contributed by atoms with Gasteiger partial charge in [-0.25, -0.2) is 4.98 Å². The maximum Gasteiger partial charge on any atom is 0.266 e. The van der Waals surface area contributed by atoms with Gasteiger partial charge in [0.05, 0.1) is 9.75 Å². The number of hydrogen-bond acceptors (Lipinski definition) is 6. The van der Waals surface area contributed by atoms with Gasteiger partial charge in [0, 0.05) is 17.8 Å². The smallest absolute Gasteiger partial charge is 0.266 e. The molecule has 0 atom stereocenters. The number of nitrogens with one attached hydrogen (secondary N) is 2. The van der Waals surface area contributed by atoms with Crippen molar-refractivity contribution < 1.29 is 4.79 Å². The van der Waals surface area contributed by atoms with Crippen LogP contribution >= 0.6 is 22.7 Å². The number of amides is 1. The zero-order valence-corrected chi connectivity index (χ0v) is 15.2. The van der Waals surface area contributed by atoms with Crippen molar-refractivity contribution in [1.29, 1.82) is 0 Å². The third-order valence-electron chi connectivity index (χ3n) is 3.53. The normalized spacial score (nSPS) is 10.8. The lowest BCUT2D eigenvalue weighted by Crippen LogP contribution is -2.18. The summed E-state index contributed by atoms with van der Waals surface area (Å²) in [5.41, 5.74) is 0.967. The average Bonchev–Trinajstić information content (AvgIpc) is 3.35. The number of carbonyl (C=O) groups is 1. The number of aromatic nitrogens is 4. The number of H-pyrrole nitrogens is 1. The second-order valence-electron chi connectivity index (χ2n) is 5.45. The number of aryl methyl sites for hydroxylation is 1. The molecule has 9 heteroatoms. The summed E-state index contributed by atoms with van der Waals surface area (Å²) in [5.74, 6) is 0.439. The number of carbonyl (C=O) groups excluding carboxylic acids is 1. The summed E-state index contributed by atoms with van der Waals surface area (Å²) in [5, 5.41) is 11.2. The molecule has 4 heterocycles. The molecule has 7 nitrogen and oxygen atoms in total. The van der Waals surface area contributed by atoms with E-state index in [-0.39, 0.29) is 17.4 Å². The highest BCUT2D eigenvalue weighted by atomic mass is 32.1. The molecule has 0 spiro atoms. The zero-order valence-electron chi connectivity index (χ0n) is 13.6. The number of nitrogens with zero attached hydrogens (tertiary/aromatic N) is 3. The van der Waals surface area contributed by atoms with Gasteiger partial charge in [-0.15, -0.1) is 22.7 Å². The predicted octanol–water partition coefficient (Wildman–Crippen LogP) is 3.31.